The van der Waals surface area contributed by atoms with Crippen molar-refractivity contribution in [2.45, 2.75) is 33.1 Å². The summed E-state index contributed by atoms with van der Waals surface area (Å²) in [5.74, 6) is -0.579. The third-order valence-electron chi connectivity index (χ3n) is 3.81. The Morgan fingerprint density at radius 2 is 2.00 bits per heavy atom. The Morgan fingerprint density at radius 1 is 1.30 bits per heavy atom. The van der Waals surface area contributed by atoms with E-state index in [4.69, 9.17) is 0 Å². The molecule has 0 aliphatic carbocycles. The average Bonchev–Trinajstić information content (AvgIpc) is 2.91. The highest BCUT2D eigenvalue weighted by molar-refractivity contribution is 5.94. The number of carboxylic acid groups (broad SMARTS) is 1. The number of carbonyl (C=O) groups is 1. The number of likely N-dealkylation sites (tertiary alicyclic amines) is 1. The topological polar surface area (TPSA) is 78.4 Å². The molecule has 110 valence electrons. The van der Waals surface area contributed by atoms with Gasteiger partial charge in [-0.2, -0.15) is 5.10 Å². The Kier molecular flexibility index (Phi) is 4.89. The van der Waals surface area contributed by atoms with Gasteiger partial charge in [-0.25, -0.2) is 4.79 Å². The van der Waals surface area contributed by atoms with Crippen LogP contribution >= 0.6 is 0 Å². The number of aromatic carboxylic acids is 1. The molecule has 1 aromatic heterocycles. The van der Waals surface area contributed by atoms with E-state index >= 15 is 0 Å². The van der Waals surface area contributed by atoms with E-state index in [0.717, 1.165) is 13.0 Å². The molecule has 0 radical (unpaired) electrons. The Balaban J connectivity index is 1.91. The number of nitrogens with one attached hydrogen (secondary N) is 1. The molecule has 1 aliphatic heterocycles. The minimum atomic E-state index is -0.956. The van der Waals surface area contributed by atoms with Gasteiger partial charge < -0.3 is 15.3 Å². The van der Waals surface area contributed by atoms with Gasteiger partial charge >= 0.3 is 5.97 Å². The van der Waals surface area contributed by atoms with Crippen LogP contribution in [0.1, 0.15) is 40.9 Å². The number of nitrogens with zero attached hydrogens (tertiary/aromatic N) is 3. The smallest absolute Gasteiger partial charge is 0.339 e. The van der Waals surface area contributed by atoms with Gasteiger partial charge in [-0.15, -0.1) is 5.10 Å². The van der Waals surface area contributed by atoms with E-state index in [0.29, 0.717) is 23.6 Å². The summed E-state index contributed by atoms with van der Waals surface area (Å²) in [4.78, 5) is 13.8. The lowest BCUT2D eigenvalue weighted by molar-refractivity contribution is 0.0696. The molecule has 0 bridgehead atoms. The van der Waals surface area contributed by atoms with Crippen molar-refractivity contribution in [3.8, 4) is 0 Å². The Labute approximate surface area is 119 Å². The number of anilines is 1. The molecule has 1 aromatic rings. The maximum Gasteiger partial charge on any atom is 0.339 e. The van der Waals surface area contributed by atoms with Gasteiger partial charge in [0.05, 0.1) is 5.69 Å². The number of aromatic nitrogens is 2. The van der Waals surface area contributed by atoms with E-state index in [1.54, 1.807) is 13.8 Å². The summed E-state index contributed by atoms with van der Waals surface area (Å²) in [5.41, 5.74) is 1.57. The number of hydrogen-bond acceptors (Lipinski definition) is 5. The van der Waals surface area contributed by atoms with Gasteiger partial charge in [0, 0.05) is 6.54 Å². The molecule has 2 N–H and O–H groups in total. The van der Waals surface area contributed by atoms with Gasteiger partial charge in [0.25, 0.3) is 0 Å². The normalized spacial score (nSPS) is 15.5. The molecular weight excluding hydrogens is 256 g/mol. The summed E-state index contributed by atoms with van der Waals surface area (Å²) in [6, 6.07) is 0. The first-order valence-corrected chi connectivity index (χ1v) is 7.13. The van der Waals surface area contributed by atoms with Crippen LogP contribution in [-0.4, -0.2) is 52.4 Å². The van der Waals surface area contributed by atoms with Crippen LogP contribution in [0.3, 0.4) is 0 Å². The first-order chi connectivity index (χ1) is 9.59. The van der Waals surface area contributed by atoms with Crippen LogP contribution < -0.4 is 5.32 Å². The molecule has 0 unspecified atom stereocenters. The molecule has 2 heterocycles. The zero-order valence-electron chi connectivity index (χ0n) is 12.1. The molecule has 6 nitrogen and oxygen atoms in total. The Bertz CT molecular complexity index is 484. The summed E-state index contributed by atoms with van der Waals surface area (Å²) in [7, 11) is 0. The number of hydrogen-bond donors (Lipinski definition) is 2. The average molecular weight is 278 g/mol. The van der Waals surface area contributed by atoms with E-state index < -0.39 is 5.97 Å². The highest BCUT2D eigenvalue weighted by Gasteiger charge is 2.17. The molecule has 6 heteroatoms. The molecule has 0 amide bonds. The third-order valence-corrected chi connectivity index (χ3v) is 3.81. The van der Waals surface area contributed by atoms with Crippen molar-refractivity contribution >= 4 is 11.8 Å². The maximum absolute atomic E-state index is 11.3. The summed E-state index contributed by atoms with van der Waals surface area (Å²) in [5, 5.41) is 20.4. The zero-order chi connectivity index (χ0) is 14.5. The molecule has 1 aliphatic rings. The van der Waals surface area contributed by atoms with Crippen LogP contribution in [0.5, 0.6) is 0 Å². The molecule has 0 spiro atoms. The van der Waals surface area contributed by atoms with Crippen molar-refractivity contribution in [2.75, 3.05) is 31.5 Å². The largest absolute Gasteiger partial charge is 0.478 e. The van der Waals surface area contributed by atoms with E-state index in [1.807, 2.05) is 0 Å². The number of carboxylic acids is 1. The molecule has 0 saturated carbocycles. The van der Waals surface area contributed by atoms with E-state index in [9.17, 15) is 9.90 Å². The maximum atomic E-state index is 11.3. The van der Waals surface area contributed by atoms with Crippen molar-refractivity contribution in [1.82, 2.24) is 15.1 Å². The van der Waals surface area contributed by atoms with Gasteiger partial charge in [-0.05, 0) is 58.3 Å². The zero-order valence-corrected chi connectivity index (χ0v) is 12.1. The SMILES string of the molecule is Cc1nnc(NCCCN2CCCC2)c(C(=O)O)c1C. The van der Waals surface area contributed by atoms with Crippen LogP contribution in [-0.2, 0) is 0 Å². The highest BCUT2D eigenvalue weighted by Crippen LogP contribution is 2.18. The third kappa shape index (κ3) is 3.45. The lowest BCUT2D eigenvalue weighted by atomic mass is 10.1. The van der Waals surface area contributed by atoms with Crippen molar-refractivity contribution in [1.29, 1.82) is 0 Å². The predicted molar refractivity (Wildman–Crippen MR) is 77.2 cm³/mol. The fourth-order valence-corrected chi connectivity index (χ4v) is 2.51. The van der Waals surface area contributed by atoms with E-state index in [1.165, 1.54) is 25.9 Å². The molecule has 1 fully saturated rings. The molecule has 20 heavy (non-hydrogen) atoms. The quantitative estimate of drug-likeness (QED) is 0.771. The van der Waals surface area contributed by atoms with Gasteiger partial charge in [0.15, 0.2) is 5.82 Å². The van der Waals surface area contributed by atoms with Crippen molar-refractivity contribution in [3.05, 3.63) is 16.8 Å². The van der Waals surface area contributed by atoms with E-state index in [2.05, 4.69) is 20.4 Å². The lowest BCUT2D eigenvalue weighted by Gasteiger charge is -2.15. The minimum Gasteiger partial charge on any atom is -0.478 e. The highest BCUT2D eigenvalue weighted by atomic mass is 16.4. The molecular formula is C14H22N4O2. The number of aryl methyl sites for hydroxylation is 1. The van der Waals surface area contributed by atoms with Gasteiger partial charge in [0.2, 0.25) is 0 Å². The van der Waals surface area contributed by atoms with Crippen LogP contribution in [0.25, 0.3) is 0 Å². The Hall–Kier alpha value is -1.69. The summed E-state index contributed by atoms with van der Waals surface area (Å²) in [6.07, 6.45) is 3.56. The minimum absolute atomic E-state index is 0.235. The fourth-order valence-electron chi connectivity index (χ4n) is 2.51. The second kappa shape index (κ2) is 6.65. The monoisotopic (exact) mass is 278 g/mol. The molecule has 0 atom stereocenters. The standard InChI is InChI=1S/C14H22N4O2/c1-10-11(2)16-17-13(12(10)14(19)20)15-6-5-9-18-7-3-4-8-18/h3-9H2,1-2H3,(H,15,17)(H,19,20). The molecule has 0 aromatic carbocycles. The lowest BCUT2D eigenvalue weighted by Crippen LogP contribution is -2.23. The van der Waals surface area contributed by atoms with Gasteiger partial charge in [-0.1, -0.05) is 0 Å². The predicted octanol–water partition coefficient (Wildman–Crippen LogP) is 1.69. The first kappa shape index (κ1) is 14.7. The van der Waals surface area contributed by atoms with Gasteiger partial charge in [-0.3, -0.25) is 0 Å². The summed E-state index contributed by atoms with van der Waals surface area (Å²) >= 11 is 0. The van der Waals surface area contributed by atoms with Crippen molar-refractivity contribution in [2.24, 2.45) is 0 Å². The summed E-state index contributed by atoms with van der Waals surface area (Å²) < 4.78 is 0. The van der Waals surface area contributed by atoms with Crippen molar-refractivity contribution in [3.63, 3.8) is 0 Å². The van der Waals surface area contributed by atoms with Crippen LogP contribution in [0, 0.1) is 13.8 Å². The summed E-state index contributed by atoms with van der Waals surface area (Å²) in [6.45, 7) is 7.67. The second-order valence-electron chi connectivity index (χ2n) is 5.27. The fraction of sp³-hybridized carbons (Fsp3) is 0.643. The van der Waals surface area contributed by atoms with Crippen LogP contribution in [0.15, 0.2) is 0 Å². The molecule has 2 rings (SSSR count). The van der Waals surface area contributed by atoms with E-state index in [-0.39, 0.29) is 5.56 Å². The first-order valence-electron chi connectivity index (χ1n) is 7.13. The number of rotatable bonds is 6. The molecule has 1 saturated heterocycles. The van der Waals surface area contributed by atoms with Crippen molar-refractivity contribution < 1.29 is 9.90 Å². The van der Waals surface area contributed by atoms with Crippen LogP contribution in [0.4, 0.5) is 5.82 Å². The van der Waals surface area contributed by atoms with Crippen LogP contribution in [0.2, 0.25) is 0 Å². The second-order valence-corrected chi connectivity index (χ2v) is 5.27. The van der Waals surface area contributed by atoms with Gasteiger partial charge in [0.1, 0.15) is 5.56 Å². The Morgan fingerprint density at radius 3 is 2.65 bits per heavy atom.